The zero-order valence-corrected chi connectivity index (χ0v) is 16.4. The number of nitrogens with zero attached hydrogens (tertiary/aromatic N) is 2. The fourth-order valence-corrected chi connectivity index (χ4v) is 3.90. The van der Waals surface area contributed by atoms with Crippen molar-refractivity contribution in [2.24, 2.45) is 0 Å². The second-order valence-electron chi connectivity index (χ2n) is 7.15. The highest BCUT2D eigenvalue weighted by Gasteiger charge is 2.42. The molecule has 150 valence electrons. The minimum absolute atomic E-state index is 0.333. The van der Waals surface area contributed by atoms with Gasteiger partial charge in [-0.15, -0.1) is 0 Å². The van der Waals surface area contributed by atoms with Gasteiger partial charge in [-0.3, -0.25) is 9.59 Å². The van der Waals surface area contributed by atoms with Crippen molar-refractivity contribution in [3.05, 3.63) is 65.6 Å². The molecule has 6 heteroatoms. The standard InChI is InChI=1S/C23H23FN2O3/c1-2-29-19-12-10-18(11-13-19)26-22(27)20(16-6-8-17(24)9-7-16)21(23(26)28)25-14-4-3-5-15-25/h6-13H,2-5,14-15H2,1H3. The third kappa shape index (κ3) is 3.62. The first-order chi connectivity index (χ1) is 14.1. The molecule has 2 aromatic carbocycles. The maximum absolute atomic E-state index is 13.4. The van der Waals surface area contributed by atoms with Crippen LogP contribution in [0.3, 0.4) is 0 Å². The number of hydrogen-bond acceptors (Lipinski definition) is 4. The molecule has 1 fully saturated rings. The lowest BCUT2D eigenvalue weighted by molar-refractivity contribution is -0.120. The van der Waals surface area contributed by atoms with Crippen LogP contribution in [-0.4, -0.2) is 36.4 Å². The molecular weight excluding hydrogens is 371 g/mol. The zero-order valence-electron chi connectivity index (χ0n) is 16.4. The number of anilines is 1. The number of carbonyl (C=O) groups is 2. The molecule has 0 aliphatic carbocycles. The molecule has 2 aromatic rings. The summed E-state index contributed by atoms with van der Waals surface area (Å²) in [6.45, 7) is 3.90. The highest BCUT2D eigenvalue weighted by atomic mass is 19.1. The van der Waals surface area contributed by atoms with Crippen LogP contribution in [0.4, 0.5) is 10.1 Å². The fraction of sp³-hybridized carbons (Fsp3) is 0.304. The number of ether oxygens (including phenoxy) is 1. The molecule has 0 radical (unpaired) electrons. The Bertz CT molecular complexity index is 945. The second-order valence-corrected chi connectivity index (χ2v) is 7.15. The number of imide groups is 1. The minimum atomic E-state index is -0.383. The lowest BCUT2D eigenvalue weighted by Crippen LogP contribution is -2.37. The van der Waals surface area contributed by atoms with Crippen LogP contribution in [0.5, 0.6) is 5.75 Å². The number of benzene rings is 2. The molecule has 2 amide bonds. The van der Waals surface area contributed by atoms with Crippen LogP contribution < -0.4 is 9.64 Å². The molecule has 0 atom stereocenters. The molecule has 0 saturated carbocycles. The molecule has 5 nitrogen and oxygen atoms in total. The number of amides is 2. The third-order valence-electron chi connectivity index (χ3n) is 5.27. The van der Waals surface area contributed by atoms with Gasteiger partial charge in [-0.1, -0.05) is 12.1 Å². The number of piperidine rings is 1. The van der Waals surface area contributed by atoms with Gasteiger partial charge >= 0.3 is 0 Å². The molecule has 0 spiro atoms. The summed E-state index contributed by atoms with van der Waals surface area (Å²) in [7, 11) is 0. The van der Waals surface area contributed by atoms with Gasteiger partial charge < -0.3 is 9.64 Å². The van der Waals surface area contributed by atoms with Crippen molar-refractivity contribution >= 4 is 23.1 Å². The molecule has 2 aliphatic heterocycles. The highest BCUT2D eigenvalue weighted by molar-refractivity contribution is 6.45. The molecule has 0 aromatic heterocycles. The van der Waals surface area contributed by atoms with Crippen LogP contribution in [-0.2, 0) is 9.59 Å². The van der Waals surface area contributed by atoms with E-state index < -0.39 is 0 Å². The van der Waals surface area contributed by atoms with Gasteiger partial charge in [0, 0.05) is 13.1 Å². The largest absolute Gasteiger partial charge is 0.494 e. The number of likely N-dealkylation sites (tertiary alicyclic amines) is 1. The van der Waals surface area contributed by atoms with E-state index in [-0.39, 0.29) is 17.6 Å². The van der Waals surface area contributed by atoms with Gasteiger partial charge in [-0.2, -0.15) is 0 Å². The summed E-state index contributed by atoms with van der Waals surface area (Å²) >= 11 is 0. The maximum Gasteiger partial charge on any atom is 0.282 e. The molecule has 2 heterocycles. The van der Waals surface area contributed by atoms with Crippen molar-refractivity contribution in [3.8, 4) is 5.75 Å². The smallest absolute Gasteiger partial charge is 0.282 e. The Morgan fingerprint density at radius 2 is 1.55 bits per heavy atom. The van der Waals surface area contributed by atoms with Gasteiger partial charge in [0.25, 0.3) is 11.8 Å². The summed E-state index contributed by atoms with van der Waals surface area (Å²) in [5.74, 6) is -0.418. The molecule has 0 unspecified atom stereocenters. The van der Waals surface area contributed by atoms with E-state index >= 15 is 0 Å². The molecule has 29 heavy (non-hydrogen) atoms. The Morgan fingerprint density at radius 1 is 0.897 bits per heavy atom. The van der Waals surface area contributed by atoms with Crippen LogP contribution in [0.25, 0.3) is 5.57 Å². The van der Waals surface area contributed by atoms with Crippen LogP contribution in [0.2, 0.25) is 0 Å². The average Bonchev–Trinajstić information content (AvgIpc) is 3.00. The SMILES string of the molecule is CCOc1ccc(N2C(=O)C(c3ccc(F)cc3)=C(N3CCCCC3)C2=O)cc1. The Labute approximate surface area is 169 Å². The van der Waals surface area contributed by atoms with E-state index in [1.165, 1.54) is 17.0 Å². The van der Waals surface area contributed by atoms with Crippen LogP contribution >= 0.6 is 0 Å². The van der Waals surface area contributed by atoms with Gasteiger partial charge in [0.05, 0.1) is 17.9 Å². The monoisotopic (exact) mass is 394 g/mol. The van der Waals surface area contributed by atoms with E-state index in [1.807, 2.05) is 11.8 Å². The van der Waals surface area contributed by atoms with E-state index in [1.54, 1.807) is 36.4 Å². The predicted octanol–water partition coefficient (Wildman–Crippen LogP) is 3.99. The Hall–Kier alpha value is -3.15. The Balaban J connectivity index is 1.75. The Morgan fingerprint density at radius 3 is 2.17 bits per heavy atom. The van der Waals surface area contributed by atoms with E-state index in [9.17, 15) is 14.0 Å². The van der Waals surface area contributed by atoms with Gasteiger partial charge in [0.1, 0.15) is 17.3 Å². The summed E-state index contributed by atoms with van der Waals surface area (Å²) in [6.07, 6.45) is 3.07. The van der Waals surface area contributed by atoms with Crippen LogP contribution in [0.1, 0.15) is 31.7 Å². The van der Waals surface area contributed by atoms with Crippen molar-refractivity contribution in [2.45, 2.75) is 26.2 Å². The molecule has 1 saturated heterocycles. The number of rotatable bonds is 5. The van der Waals surface area contributed by atoms with E-state index in [4.69, 9.17) is 4.74 Å². The van der Waals surface area contributed by atoms with Crippen molar-refractivity contribution in [1.82, 2.24) is 4.90 Å². The maximum atomic E-state index is 13.4. The zero-order chi connectivity index (χ0) is 20.4. The summed E-state index contributed by atoms with van der Waals surface area (Å²) < 4.78 is 18.9. The average molecular weight is 394 g/mol. The van der Waals surface area contributed by atoms with Crippen molar-refractivity contribution in [2.75, 3.05) is 24.6 Å². The lowest BCUT2D eigenvalue weighted by atomic mass is 10.0. The van der Waals surface area contributed by atoms with Crippen LogP contribution in [0.15, 0.2) is 54.2 Å². The Kier molecular flexibility index (Phi) is 5.34. The summed E-state index contributed by atoms with van der Waals surface area (Å²) in [5, 5.41) is 0. The summed E-state index contributed by atoms with van der Waals surface area (Å²) in [5.41, 5.74) is 1.80. The van der Waals surface area contributed by atoms with E-state index in [0.717, 1.165) is 32.4 Å². The van der Waals surface area contributed by atoms with E-state index in [2.05, 4.69) is 0 Å². The lowest BCUT2D eigenvalue weighted by Gasteiger charge is -2.29. The van der Waals surface area contributed by atoms with Crippen molar-refractivity contribution in [3.63, 3.8) is 0 Å². The predicted molar refractivity (Wildman–Crippen MR) is 109 cm³/mol. The van der Waals surface area contributed by atoms with Gasteiger partial charge in [-0.25, -0.2) is 9.29 Å². The second kappa shape index (κ2) is 8.07. The molecule has 0 N–H and O–H groups in total. The number of carbonyl (C=O) groups excluding carboxylic acids is 2. The van der Waals surface area contributed by atoms with Crippen LogP contribution in [0, 0.1) is 5.82 Å². The molecule has 2 aliphatic rings. The van der Waals surface area contributed by atoms with Gasteiger partial charge in [0.2, 0.25) is 0 Å². The molecule has 4 rings (SSSR count). The molecular formula is C23H23FN2O3. The topological polar surface area (TPSA) is 49.9 Å². The minimum Gasteiger partial charge on any atom is -0.494 e. The first-order valence-corrected chi connectivity index (χ1v) is 9.97. The van der Waals surface area contributed by atoms with Gasteiger partial charge in [-0.05, 0) is 68.1 Å². The molecule has 0 bridgehead atoms. The summed E-state index contributed by atoms with van der Waals surface area (Å²) in [4.78, 5) is 29.9. The first-order valence-electron chi connectivity index (χ1n) is 9.97. The highest BCUT2D eigenvalue weighted by Crippen LogP contribution is 2.36. The fourth-order valence-electron chi connectivity index (χ4n) is 3.90. The number of halogens is 1. The normalized spacial score (nSPS) is 17.3. The van der Waals surface area contributed by atoms with E-state index in [0.29, 0.717) is 34.9 Å². The first kappa shape index (κ1) is 19.2. The summed E-state index contributed by atoms with van der Waals surface area (Å²) in [6, 6.07) is 12.7. The quantitative estimate of drug-likeness (QED) is 0.720. The van der Waals surface area contributed by atoms with Crippen molar-refractivity contribution in [1.29, 1.82) is 0 Å². The number of hydrogen-bond donors (Lipinski definition) is 0. The third-order valence-corrected chi connectivity index (χ3v) is 5.27. The van der Waals surface area contributed by atoms with Gasteiger partial charge in [0.15, 0.2) is 0 Å². The van der Waals surface area contributed by atoms with Crippen molar-refractivity contribution < 1.29 is 18.7 Å².